The number of hydrogen-bond donors (Lipinski definition) is 1. The molecule has 0 aliphatic heterocycles. The van der Waals surface area contributed by atoms with Gasteiger partial charge in [0.05, 0.1) is 6.61 Å². The minimum absolute atomic E-state index is 0.0987. The highest BCUT2D eigenvalue weighted by molar-refractivity contribution is 5.75. The van der Waals surface area contributed by atoms with Crippen LogP contribution in [-0.4, -0.2) is 24.7 Å². The standard InChI is InChI=1S/C14H27NO2/c1-5-12(13(16)17-6-2)15-11-8-7-9-14(3,4)10-11/h11-12,15H,5-10H2,1-4H3. The number of carbonyl (C=O) groups excluding carboxylic acids is 1. The summed E-state index contributed by atoms with van der Waals surface area (Å²) < 4.78 is 5.09. The quantitative estimate of drug-likeness (QED) is 0.752. The Bertz CT molecular complexity index is 251. The molecule has 0 aromatic carbocycles. The largest absolute Gasteiger partial charge is 0.465 e. The summed E-state index contributed by atoms with van der Waals surface area (Å²) in [4.78, 5) is 11.7. The predicted molar refractivity (Wildman–Crippen MR) is 69.9 cm³/mol. The zero-order valence-electron chi connectivity index (χ0n) is 11.7. The molecule has 100 valence electrons. The summed E-state index contributed by atoms with van der Waals surface area (Å²) in [5.41, 5.74) is 0.406. The van der Waals surface area contributed by atoms with Gasteiger partial charge in [0.15, 0.2) is 0 Å². The highest BCUT2D eigenvalue weighted by Gasteiger charge is 2.30. The molecule has 3 nitrogen and oxygen atoms in total. The molecule has 1 saturated carbocycles. The van der Waals surface area contributed by atoms with Crippen LogP contribution in [0.3, 0.4) is 0 Å². The van der Waals surface area contributed by atoms with Gasteiger partial charge >= 0.3 is 5.97 Å². The van der Waals surface area contributed by atoms with Crippen molar-refractivity contribution in [3.05, 3.63) is 0 Å². The number of hydrogen-bond acceptors (Lipinski definition) is 3. The molecular formula is C14H27NO2. The highest BCUT2D eigenvalue weighted by Crippen LogP contribution is 2.35. The third-order valence-electron chi connectivity index (χ3n) is 3.62. The van der Waals surface area contributed by atoms with Crippen LogP contribution in [-0.2, 0) is 9.53 Å². The number of rotatable bonds is 5. The molecule has 1 fully saturated rings. The second-order valence-corrected chi connectivity index (χ2v) is 5.84. The van der Waals surface area contributed by atoms with Crippen LogP contribution in [0.2, 0.25) is 0 Å². The molecule has 0 aromatic rings. The van der Waals surface area contributed by atoms with Gasteiger partial charge in [-0.2, -0.15) is 0 Å². The molecule has 2 atom stereocenters. The molecule has 2 unspecified atom stereocenters. The van der Waals surface area contributed by atoms with Crippen LogP contribution in [0.1, 0.15) is 59.8 Å². The lowest BCUT2D eigenvalue weighted by molar-refractivity contribution is -0.146. The number of esters is 1. The van der Waals surface area contributed by atoms with E-state index >= 15 is 0 Å². The van der Waals surface area contributed by atoms with Gasteiger partial charge in [0.1, 0.15) is 6.04 Å². The first-order valence-electron chi connectivity index (χ1n) is 6.91. The summed E-state index contributed by atoms with van der Waals surface area (Å²) in [6.07, 6.45) is 5.68. The first-order valence-corrected chi connectivity index (χ1v) is 6.91. The van der Waals surface area contributed by atoms with Gasteiger partial charge < -0.3 is 10.1 Å². The topological polar surface area (TPSA) is 38.3 Å². The van der Waals surface area contributed by atoms with Crippen LogP contribution in [0.15, 0.2) is 0 Å². The van der Waals surface area contributed by atoms with Gasteiger partial charge in [-0.15, -0.1) is 0 Å². The molecule has 1 aliphatic rings. The van der Waals surface area contributed by atoms with Crippen LogP contribution in [0, 0.1) is 5.41 Å². The number of nitrogens with one attached hydrogen (secondary N) is 1. The van der Waals surface area contributed by atoms with Crippen molar-refractivity contribution in [2.45, 2.75) is 71.9 Å². The van der Waals surface area contributed by atoms with Crippen molar-refractivity contribution in [1.82, 2.24) is 5.32 Å². The Hall–Kier alpha value is -0.570. The smallest absolute Gasteiger partial charge is 0.323 e. The third kappa shape index (κ3) is 4.66. The van der Waals surface area contributed by atoms with E-state index in [0.29, 0.717) is 18.1 Å². The van der Waals surface area contributed by atoms with E-state index in [1.807, 2.05) is 13.8 Å². The minimum atomic E-state index is -0.131. The van der Waals surface area contributed by atoms with E-state index in [9.17, 15) is 4.79 Å². The van der Waals surface area contributed by atoms with E-state index in [1.54, 1.807) is 0 Å². The number of ether oxygens (including phenoxy) is 1. The summed E-state index contributed by atoms with van der Waals surface area (Å²) in [6, 6.07) is 0.335. The zero-order chi connectivity index (χ0) is 12.9. The van der Waals surface area contributed by atoms with Gasteiger partial charge in [0.25, 0.3) is 0 Å². The second kappa shape index (κ2) is 6.39. The Kier molecular flexibility index (Phi) is 5.44. The Morgan fingerprint density at radius 3 is 2.71 bits per heavy atom. The van der Waals surface area contributed by atoms with Gasteiger partial charge in [-0.25, -0.2) is 0 Å². The van der Waals surface area contributed by atoms with E-state index in [4.69, 9.17) is 4.74 Å². The molecule has 0 radical (unpaired) electrons. The van der Waals surface area contributed by atoms with Crippen molar-refractivity contribution in [2.24, 2.45) is 5.41 Å². The van der Waals surface area contributed by atoms with Crippen LogP contribution < -0.4 is 5.32 Å². The Balaban J connectivity index is 2.47. The van der Waals surface area contributed by atoms with Gasteiger partial charge in [-0.3, -0.25) is 4.79 Å². The summed E-state index contributed by atoms with van der Waals surface area (Å²) in [5, 5.41) is 3.47. The van der Waals surface area contributed by atoms with Gasteiger partial charge in [-0.05, 0) is 38.0 Å². The fraction of sp³-hybridized carbons (Fsp3) is 0.929. The monoisotopic (exact) mass is 241 g/mol. The lowest BCUT2D eigenvalue weighted by atomic mass is 9.75. The molecule has 1 N–H and O–H groups in total. The van der Waals surface area contributed by atoms with Crippen LogP contribution in [0.25, 0.3) is 0 Å². The lowest BCUT2D eigenvalue weighted by Crippen LogP contribution is -2.46. The van der Waals surface area contributed by atoms with Crippen molar-refractivity contribution >= 4 is 5.97 Å². The summed E-state index contributed by atoms with van der Waals surface area (Å²) in [7, 11) is 0. The molecule has 0 saturated heterocycles. The maximum atomic E-state index is 11.7. The maximum Gasteiger partial charge on any atom is 0.323 e. The van der Waals surface area contributed by atoms with Crippen LogP contribution in [0.5, 0.6) is 0 Å². The third-order valence-corrected chi connectivity index (χ3v) is 3.62. The SMILES string of the molecule is CCOC(=O)C(CC)NC1CCCC(C)(C)C1. The fourth-order valence-electron chi connectivity index (χ4n) is 2.72. The zero-order valence-corrected chi connectivity index (χ0v) is 11.7. The summed E-state index contributed by atoms with van der Waals surface area (Å²) in [6.45, 7) is 8.97. The van der Waals surface area contributed by atoms with Gasteiger partial charge in [0, 0.05) is 6.04 Å². The van der Waals surface area contributed by atoms with Crippen molar-refractivity contribution in [1.29, 1.82) is 0 Å². The minimum Gasteiger partial charge on any atom is -0.465 e. The van der Waals surface area contributed by atoms with E-state index in [0.717, 1.165) is 12.8 Å². The number of carbonyl (C=O) groups is 1. The first kappa shape index (κ1) is 14.5. The molecule has 3 heteroatoms. The maximum absolute atomic E-state index is 11.7. The Labute approximate surface area is 105 Å². The Morgan fingerprint density at radius 1 is 1.47 bits per heavy atom. The van der Waals surface area contributed by atoms with Gasteiger partial charge in [0.2, 0.25) is 0 Å². The lowest BCUT2D eigenvalue weighted by Gasteiger charge is -2.37. The van der Waals surface area contributed by atoms with E-state index < -0.39 is 0 Å². The summed E-state index contributed by atoms with van der Waals surface area (Å²) >= 11 is 0. The first-order chi connectivity index (χ1) is 7.98. The highest BCUT2D eigenvalue weighted by atomic mass is 16.5. The normalized spacial score (nSPS) is 25.3. The molecule has 1 rings (SSSR count). The predicted octanol–water partition coefficient (Wildman–Crippen LogP) is 2.89. The molecule has 17 heavy (non-hydrogen) atoms. The van der Waals surface area contributed by atoms with Crippen molar-refractivity contribution in [2.75, 3.05) is 6.61 Å². The van der Waals surface area contributed by atoms with E-state index in [2.05, 4.69) is 19.2 Å². The molecule has 0 bridgehead atoms. The van der Waals surface area contributed by atoms with Crippen molar-refractivity contribution in [3.63, 3.8) is 0 Å². The molecule has 1 aliphatic carbocycles. The van der Waals surface area contributed by atoms with Crippen LogP contribution >= 0.6 is 0 Å². The van der Waals surface area contributed by atoms with Crippen LogP contribution in [0.4, 0.5) is 0 Å². The fourth-order valence-corrected chi connectivity index (χ4v) is 2.72. The molecule has 0 spiro atoms. The van der Waals surface area contributed by atoms with Crippen molar-refractivity contribution < 1.29 is 9.53 Å². The molecule has 0 aromatic heterocycles. The van der Waals surface area contributed by atoms with Crippen molar-refractivity contribution in [3.8, 4) is 0 Å². The van der Waals surface area contributed by atoms with Gasteiger partial charge in [-0.1, -0.05) is 27.2 Å². The second-order valence-electron chi connectivity index (χ2n) is 5.84. The Morgan fingerprint density at radius 2 is 2.18 bits per heavy atom. The molecule has 0 amide bonds. The molecular weight excluding hydrogens is 214 g/mol. The van der Waals surface area contributed by atoms with E-state index in [1.165, 1.54) is 19.3 Å². The summed E-state index contributed by atoms with van der Waals surface area (Å²) in [5.74, 6) is -0.0987. The average Bonchev–Trinajstić information content (AvgIpc) is 2.24. The van der Waals surface area contributed by atoms with E-state index in [-0.39, 0.29) is 12.0 Å². The molecule has 0 heterocycles. The average molecular weight is 241 g/mol.